The molecule has 1 aliphatic heterocycles. The number of pyridine rings is 1. The maximum Gasteiger partial charge on any atom is 0.267 e. The number of fused-ring (bicyclic) bond motifs is 2. The Morgan fingerprint density at radius 1 is 0.906 bits per heavy atom. The van der Waals surface area contributed by atoms with Crippen LogP contribution < -0.4 is 14.4 Å². The van der Waals surface area contributed by atoms with Crippen LogP contribution in [-0.4, -0.2) is 23.9 Å². The summed E-state index contributed by atoms with van der Waals surface area (Å²) in [6.07, 6.45) is 0. The number of anilines is 1. The molecular weight excluding hydrogens is 411 g/mol. The van der Waals surface area contributed by atoms with E-state index in [0.29, 0.717) is 27.8 Å². The SMILES string of the molecule is COc1ccc(COc2cc3cc(F)ccc3nc2N2C(=O)c3ccccc3C2=O)cc1. The van der Waals surface area contributed by atoms with E-state index >= 15 is 0 Å². The Bertz CT molecular complexity index is 1330. The summed E-state index contributed by atoms with van der Waals surface area (Å²) >= 11 is 0. The lowest BCUT2D eigenvalue weighted by atomic mass is 10.1. The molecule has 4 aromatic rings. The third-order valence-electron chi connectivity index (χ3n) is 5.28. The van der Waals surface area contributed by atoms with Crippen LogP contribution in [0.4, 0.5) is 10.2 Å². The van der Waals surface area contributed by atoms with Gasteiger partial charge in [-0.3, -0.25) is 9.59 Å². The predicted octanol–water partition coefficient (Wildman–Crippen LogP) is 4.76. The fourth-order valence-electron chi connectivity index (χ4n) is 3.65. The van der Waals surface area contributed by atoms with Crippen LogP contribution in [0.15, 0.2) is 72.8 Å². The van der Waals surface area contributed by atoms with E-state index in [9.17, 15) is 14.0 Å². The number of amides is 2. The normalized spacial score (nSPS) is 12.9. The minimum Gasteiger partial charge on any atom is -0.497 e. The molecule has 0 unspecified atom stereocenters. The number of hydrogen-bond acceptors (Lipinski definition) is 5. The van der Waals surface area contributed by atoms with E-state index < -0.39 is 17.6 Å². The zero-order chi connectivity index (χ0) is 22.2. The molecule has 0 bridgehead atoms. The fraction of sp³-hybridized carbons (Fsp3) is 0.0800. The van der Waals surface area contributed by atoms with Gasteiger partial charge < -0.3 is 9.47 Å². The van der Waals surface area contributed by atoms with Crippen LogP contribution in [0, 0.1) is 5.82 Å². The molecule has 1 aliphatic rings. The third kappa shape index (κ3) is 3.33. The van der Waals surface area contributed by atoms with E-state index in [2.05, 4.69) is 4.98 Å². The molecule has 0 saturated carbocycles. The van der Waals surface area contributed by atoms with Crippen LogP contribution in [0.3, 0.4) is 0 Å². The van der Waals surface area contributed by atoms with Crippen molar-refractivity contribution in [2.45, 2.75) is 6.61 Å². The Morgan fingerprint density at radius 3 is 2.25 bits per heavy atom. The zero-order valence-corrected chi connectivity index (χ0v) is 17.0. The number of rotatable bonds is 5. The number of imide groups is 1. The molecule has 7 heteroatoms. The van der Waals surface area contributed by atoms with Crippen molar-refractivity contribution in [1.82, 2.24) is 4.98 Å². The minimum absolute atomic E-state index is 0.0730. The van der Waals surface area contributed by atoms with Crippen molar-refractivity contribution in [3.8, 4) is 11.5 Å². The van der Waals surface area contributed by atoms with Crippen molar-refractivity contribution in [3.05, 3.63) is 95.3 Å². The van der Waals surface area contributed by atoms with Gasteiger partial charge in [0.25, 0.3) is 11.8 Å². The topological polar surface area (TPSA) is 68.7 Å². The van der Waals surface area contributed by atoms with E-state index in [1.165, 1.54) is 18.2 Å². The molecule has 5 rings (SSSR count). The highest BCUT2D eigenvalue weighted by Crippen LogP contribution is 2.36. The van der Waals surface area contributed by atoms with Gasteiger partial charge in [-0.05, 0) is 54.1 Å². The predicted molar refractivity (Wildman–Crippen MR) is 117 cm³/mol. The van der Waals surface area contributed by atoms with Gasteiger partial charge in [-0.15, -0.1) is 0 Å². The van der Waals surface area contributed by atoms with E-state index in [0.717, 1.165) is 10.5 Å². The molecule has 3 aromatic carbocycles. The molecule has 0 aliphatic carbocycles. The van der Waals surface area contributed by atoms with Crippen molar-refractivity contribution >= 4 is 28.5 Å². The average Bonchev–Trinajstić information content (AvgIpc) is 3.07. The van der Waals surface area contributed by atoms with Gasteiger partial charge in [-0.2, -0.15) is 0 Å². The van der Waals surface area contributed by atoms with E-state index in [4.69, 9.17) is 9.47 Å². The Morgan fingerprint density at radius 2 is 1.59 bits per heavy atom. The summed E-state index contributed by atoms with van der Waals surface area (Å²) in [5, 5.41) is 0.495. The van der Waals surface area contributed by atoms with Gasteiger partial charge in [0, 0.05) is 5.39 Å². The first-order valence-corrected chi connectivity index (χ1v) is 9.89. The van der Waals surface area contributed by atoms with E-state index in [1.807, 2.05) is 12.1 Å². The molecular formula is C25H17FN2O4. The Balaban J connectivity index is 1.57. The van der Waals surface area contributed by atoms with Gasteiger partial charge >= 0.3 is 0 Å². The van der Waals surface area contributed by atoms with Gasteiger partial charge in [0.1, 0.15) is 18.2 Å². The second-order valence-electron chi connectivity index (χ2n) is 7.28. The summed E-state index contributed by atoms with van der Waals surface area (Å²) in [6, 6.07) is 19.6. The highest BCUT2D eigenvalue weighted by molar-refractivity contribution is 6.34. The molecule has 0 spiro atoms. The fourth-order valence-corrected chi connectivity index (χ4v) is 3.65. The van der Waals surface area contributed by atoms with Crippen LogP contribution in [0.25, 0.3) is 10.9 Å². The highest BCUT2D eigenvalue weighted by Gasteiger charge is 2.39. The van der Waals surface area contributed by atoms with Gasteiger partial charge in [0.15, 0.2) is 11.6 Å². The van der Waals surface area contributed by atoms with E-state index in [-0.39, 0.29) is 18.2 Å². The van der Waals surface area contributed by atoms with Gasteiger partial charge in [0.2, 0.25) is 0 Å². The molecule has 0 N–H and O–H groups in total. The number of carbonyl (C=O) groups excluding carboxylic acids is 2. The molecule has 0 atom stereocenters. The Labute approximate surface area is 182 Å². The summed E-state index contributed by atoms with van der Waals surface area (Å²) < 4.78 is 24.9. The molecule has 0 fully saturated rings. The second-order valence-corrected chi connectivity index (χ2v) is 7.28. The first kappa shape index (κ1) is 19.7. The van der Waals surface area contributed by atoms with Gasteiger partial charge in [0.05, 0.1) is 23.8 Å². The number of benzene rings is 3. The Kier molecular flexibility index (Phi) is 4.78. The summed E-state index contributed by atoms with van der Waals surface area (Å²) in [5.74, 6) is -0.392. The number of hydrogen-bond donors (Lipinski definition) is 0. The van der Waals surface area contributed by atoms with Crippen LogP contribution in [0.2, 0.25) is 0 Å². The summed E-state index contributed by atoms with van der Waals surface area (Å²) in [7, 11) is 1.58. The standard InChI is InChI=1S/C25H17FN2O4/c1-31-18-9-6-15(7-10-18)14-32-22-13-16-12-17(26)8-11-21(16)27-23(22)28-24(29)19-4-2-3-5-20(19)25(28)30/h2-13H,14H2,1H3. The van der Waals surface area contributed by atoms with Crippen LogP contribution >= 0.6 is 0 Å². The zero-order valence-electron chi connectivity index (χ0n) is 17.0. The average molecular weight is 428 g/mol. The molecule has 2 amide bonds. The van der Waals surface area contributed by atoms with E-state index in [1.54, 1.807) is 49.6 Å². The minimum atomic E-state index is -0.478. The van der Waals surface area contributed by atoms with Crippen molar-refractivity contribution in [1.29, 1.82) is 0 Å². The molecule has 6 nitrogen and oxygen atoms in total. The highest BCUT2D eigenvalue weighted by atomic mass is 19.1. The van der Waals surface area contributed by atoms with Crippen molar-refractivity contribution in [2.75, 3.05) is 12.0 Å². The summed E-state index contributed by atoms with van der Waals surface area (Å²) in [5.41, 5.74) is 1.90. The Hall–Kier alpha value is -4.26. The van der Waals surface area contributed by atoms with Crippen LogP contribution in [0.1, 0.15) is 26.3 Å². The van der Waals surface area contributed by atoms with Crippen LogP contribution in [-0.2, 0) is 6.61 Å². The summed E-state index contributed by atoms with van der Waals surface area (Å²) in [6.45, 7) is 0.155. The van der Waals surface area contributed by atoms with Gasteiger partial charge in [-0.1, -0.05) is 24.3 Å². The molecule has 0 saturated heterocycles. The monoisotopic (exact) mass is 428 g/mol. The largest absolute Gasteiger partial charge is 0.497 e. The lowest BCUT2D eigenvalue weighted by Crippen LogP contribution is -2.30. The molecule has 2 heterocycles. The van der Waals surface area contributed by atoms with Crippen molar-refractivity contribution in [3.63, 3.8) is 0 Å². The molecule has 1 aromatic heterocycles. The number of ether oxygens (including phenoxy) is 2. The van der Waals surface area contributed by atoms with Crippen molar-refractivity contribution in [2.24, 2.45) is 0 Å². The quantitative estimate of drug-likeness (QED) is 0.429. The number of carbonyl (C=O) groups is 2. The van der Waals surface area contributed by atoms with Gasteiger partial charge in [-0.25, -0.2) is 14.3 Å². The smallest absolute Gasteiger partial charge is 0.267 e. The molecule has 0 radical (unpaired) electrons. The maximum atomic E-state index is 13.8. The number of aromatic nitrogens is 1. The first-order chi connectivity index (χ1) is 15.5. The molecule has 32 heavy (non-hydrogen) atoms. The van der Waals surface area contributed by atoms with Crippen LogP contribution in [0.5, 0.6) is 11.5 Å². The molecule has 158 valence electrons. The number of halogens is 1. The number of nitrogens with zero attached hydrogens (tertiary/aromatic N) is 2. The lowest BCUT2D eigenvalue weighted by molar-refractivity contribution is 0.0923. The number of methoxy groups -OCH3 is 1. The maximum absolute atomic E-state index is 13.8. The first-order valence-electron chi connectivity index (χ1n) is 9.89. The third-order valence-corrected chi connectivity index (χ3v) is 5.28. The summed E-state index contributed by atoms with van der Waals surface area (Å²) in [4.78, 5) is 31.6. The second kappa shape index (κ2) is 7.77. The lowest BCUT2D eigenvalue weighted by Gasteiger charge is -2.18. The van der Waals surface area contributed by atoms with Crippen molar-refractivity contribution < 1.29 is 23.5 Å².